The van der Waals surface area contributed by atoms with E-state index in [2.05, 4.69) is 0 Å². The van der Waals surface area contributed by atoms with E-state index in [1.165, 1.54) is 18.2 Å². The van der Waals surface area contributed by atoms with Gasteiger partial charge in [-0.2, -0.15) is 0 Å². The molecule has 2 aromatic heterocycles. The van der Waals surface area contributed by atoms with Crippen molar-refractivity contribution in [2.24, 2.45) is 0 Å². The number of fused-ring (bicyclic) bond motifs is 2. The van der Waals surface area contributed by atoms with Crippen molar-refractivity contribution in [1.82, 2.24) is 4.98 Å². The number of hydrogen-bond acceptors (Lipinski definition) is 6. The van der Waals surface area contributed by atoms with Gasteiger partial charge in [-0.1, -0.05) is 48.5 Å². The molecule has 5 nitrogen and oxygen atoms in total. The van der Waals surface area contributed by atoms with Gasteiger partial charge in [0.05, 0.1) is 17.8 Å². The van der Waals surface area contributed by atoms with Crippen LogP contribution in [-0.4, -0.2) is 23.3 Å². The normalized spacial score (nSPS) is 11.1. The standard InChI is InChI=1S/C28H20FNO4S/c29-20-9-5-8-18(15-20)24-17-26(21-10-2-3-11-23(21)30-24)35-14-6-13-33-27(31)22-16-19-7-1-4-12-25(19)34-28(22)32/h1-5,7-12,15-17H,6,13-14H2. The monoisotopic (exact) mass is 485 g/mol. The van der Waals surface area contributed by atoms with Gasteiger partial charge in [0.25, 0.3) is 0 Å². The molecule has 2 heterocycles. The van der Waals surface area contributed by atoms with Gasteiger partial charge in [-0.05, 0) is 42.8 Å². The van der Waals surface area contributed by atoms with Gasteiger partial charge in [0.2, 0.25) is 0 Å². The van der Waals surface area contributed by atoms with Crippen molar-refractivity contribution in [1.29, 1.82) is 0 Å². The summed E-state index contributed by atoms with van der Waals surface area (Å²) in [5.41, 5.74) is 1.83. The van der Waals surface area contributed by atoms with E-state index in [0.29, 0.717) is 34.4 Å². The first-order valence-electron chi connectivity index (χ1n) is 11.1. The number of carbonyl (C=O) groups is 1. The molecule has 174 valence electrons. The van der Waals surface area contributed by atoms with Crippen LogP contribution < -0.4 is 5.63 Å². The number of pyridine rings is 1. The first-order chi connectivity index (χ1) is 17.1. The predicted octanol–water partition coefficient (Wildman–Crippen LogP) is 6.49. The van der Waals surface area contributed by atoms with E-state index < -0.39 is 11.6 Å². The van der Waals surface area contributed by atoms with Crippen LogP contribution in [0, 0.1) is 5.82 Å². The lowest BCUT2D eigenvalue weighted by Gasteiger charge is -2.10. The number of halogens is 1. The summed E-state index contributed by atoms with van der Waals surface area (Å²) in [5, 5.41) is 1.66. The Morgan fingerprint density at radius 1 is 0.971 bits per heavy atom. The van der Waals surface area contributed by atoms with E-state index in [1.807, 2.05) is 36.4 Å². The molecule has 0 bridgehead atoms. The quantitative estimate of drug-likeness (QED) is 0.114. The fourth-order valence-electron chi connectivity index (χ4n) is 3.75. The summed E-state index contributed by atoms with van der Waals surface area (Å²) in [6.45, 7) is 0.165. The predicted molar refractivity (Wildman–Crippen MR) is 135 cm³/mol. The molecule has 0 saturated carbocycles. The van der Waals surface area contributed by atoms with Gasteiger partial charge < -0.3 is 9.15 Å². The molecule has 0 saturated heterocycles. The SMILES string of the molecule is O=C(OCCCSc1cc(-c2cccc(F)c2)nc2ccccc12)c1cc2ccccc2oc1=O. The summed E-state index contributed by atoms with van der Waals surface area (Å²) in [5.74, 6) is -0.331. The molecule has 7 heteroatoms. The molecule has 0 amide bonds. The van der Waals surface area contributed by atoms with Crippen LogP contribution in [0.25, 0.3) is 33.1 Å². The van der Waals surface area contributed by atoms with Crippen LogP contribution in [0.15, 0.2) is 99.0 Å². The van der Waals surface area contributed by atoms with Crippen molar-refractivity contribution in [2.75, 3.05) is 12.4 Å². The molecule has 5 rings (SSSR count). The van der Waals surface area contributed by atoms with E-state index >= 15 is 0 Å². The van der Waals surface area contributed by atoms with Crippen LogP contribution in [0.4, 0.5) is 4.39 Å². The lowest BCUT2D eigenvalue weighted by atomic mass is 10.1. The maximum Gasteiger partial charge on any atom is 0.351 e. The highest BCUT2D eigenvalue weighted by Crippen LogP contribution is 2.32. The fraction of sp³-hybridized carbons (Fsp3) is 0.107. The maximum absolute atomic E-state index is 13.7. The Labute approximate surface area is 204 Å². The Morgan fingerprint density at radius 2 is 1.80 bits per heavy atom. The third-order valence-electron chi connectivity index (χ3n) is 5.44. The molecule has 3 aromatic carbocycles. The number of nitrogens with zero attached hydrogens (tertiary/aromatic N) is 1. The van der Waals surface area contributed by atoms with Crippen LogP contribution in [-0.2, 0) is 4.74 Å². The largest absolute Gasteiger partial charge is 0.462 e. The van der Waals surface area contributed by atoms with Crippen molar-refractivity contribution < 1.29 is 18.3 Å². The highest BCUT2D eigenvalue weighted by Gasteiger charge is 2.15. The molecule has 0 fully saturated rings. The Hall–Kier alpha value is -3.97. The second-order valence-corrected chi connectivity index (χ2v) is 8.99. The first kappa shape index (κ1) is 22.8. The molecular weight excluding hydrogens is 465 g/mol. The number of thioether (sulfide) groups is 1. The fourth-order valence-corrected chi connectivity index (χ4v) is 4.75. The highest BCUT2D eigenvalue weighted by atomic mass is 32.2. The Morgan fingerprint density at radius 3 is 2.69 bits per heavy atom. The molecule has 0 spiro atoms. The van der Waals surface area contributed by atoms with Gasteiger partial charge in [0.15, 0.2) is 0 Å². The lowest BCUT2D eigenvalue weighted by molar-refractivity contribution is 0.0501. The number of rotatable bonds is 7. The van der Waals surface area contributed by atoms with Crippen molar-refractivity contribution in [3.05, 3.63) is 107 Å². The van der Waals surface area contributed by atoms with Crippen LogP contribution in [0.5, 0.6) is 0 Å². The molecular formula is C28H20FNO4S. The second kappa shape index (κ2) is 10.1. The van der Waals surface area contributed by atoms with Crippen molar-refractivity contribution in [3.63, 3.8) is 0 Å². The molecule has 0 N–H and O–H groups in total. The van der Waals surface area contributed by atoms with E-state index in [-0.39, 0.29) is 18.0 Å². The van der Waals surface area contributed by atoms with Crippen LogP contribution >= 0.6 is 11.8 Å². The average molecular weight is 486 g/mol. The summed E-state index contributed by atoms with van der Waals surface area (Å²) in [6.07, 6.45) is 0.585. The topological polar surface area (TPSA) is 69.4 Å². The minimum Gasteiger partial charge on any atom is -0.462 e. The third-order valence-corrected chi connectivity index (χ3v) is 6.58. The minimum absolute atomic E-state index is 0.115. The Bertz CT molecular complexity index is 1600. The summed E-state index contributed by atoms with van der Waals surface area (Å²) >= 11 is 1.61. The number of carbonyl (C=O) groups excluding carboxylic acids is 1. The van der Waals surface area contributed by atoms with E-state index in [9.17, 15) is 14.0 Å². The smallest absolute Gasteiger partial charge is 0.351 e. The molecule has 0 radical (unpaired) electrons. The van der Waals surface area contributed by atoms with Crippen molar-refractivity contribution in [2.45, 2.75) is 11.3 Å². The van der Waals surface area contributed by atoms with Gasteiger partial charge >= 0.3 is 11.6 Å². The number of aromatic nitrogens is 1. The highest BCUT2D eigenvalue weighted by molar-refractivity contribution is 7.99. The van der Waals surface area contributed by atoms with Gasteiger partial charge in [0, 0.05) is 27.0 Å². The Kier molecular flexibility index (Phi) is 6.59. The average Bonchev–Trinajstić information content (AvgIpc) is 2.87. The van der Waals surface area contributed by atoms with Gasteiger partial charge in [0.1, 0.15) is 17.0 Å². The minimum atomic E-state index is -0.712. The number of para-hydroxylation sites is 2. The van der Waals surface area contributed by atoms with Crippen molar-refractivity contribution >= 4 is 39.6 Å². The second-order valence-electron chi connectivity index (χ2n) is 7.86. The number of ether oxygens (including phenoxy) is 1. The molecule has 0 aliphatic rings. The molecule has 35 heavy (non-hydrogen) atoms. The molecule has 5 aromatic rings. The summed E-state index contributed by atoms with van der Waals surface area (Å²) < 4.78 is 24.3. The summed E-state index contributed by atoms with van der Waals surface area (Å²) in [6, 6.07) is 24.6. The van der Waals surface area contributed by atoms with Gasteiger partial charge in [-0.25, -0.2) is 19.0 Å². The lowest BCUT2D eigenvalue weighted by Crippen LogP contribution is -2.17. The molecule has 0 atom stereocenters. The zero-order chi connectivity index (χ0) is 24.2. The first-order valence-corrected chi connectivity index (χ1v) is 12.1. The number of hydrogen-bond donors (Lipinski definition) is 0. The Balaban J connectivity index is 1.25. The summed E-state index contributed by atoms with van der Waals surface area (Å²) in [7, 11) is 0. The zero-order valence-corrected chi connectivity index (χ0v) is 19.4. The van der Waals surface area contributed by atoms with Crippen LogP contribution in [0.3, 0.4) is 0 Å². The zero-order valence-electron chi connectivity index (χ0n) is 18.6. The number of benzene rings is 3. The number of esters is 1. The maximum atomic E-state index is 13.7. The molecule has 0 unspecified atom stereocenters. The van der Waals surface area contributed by atoms with Gasteiger partial charge in [-0.15, -0.1) is 11.8 Å². The molecule has 0 aliphatic heterocycles. The molecule has 0 aliphatic carbocycles. The van der Waals surface area contributed by atoms with Crippen LogP contribution in [0.1, 0.15) is 16.8 Å². The van der Waals surface area contributed by atoms with E-state index in [0.717, 1.165) is 15.8 Å². The van der Waals surface area contributed by atoms with Crippen LogP contribution in [0.2, 0.25) is 0 Å². The summed E-state index contributed by atoms with van der Waals surface area (Å²) in [4.78, 5) is 30.3. The van der Waals surface area contributed by atoms with Crippen molar-refractivity contribution in [3.8, 4) is 11.3 Å². The van der Waals surface area contributed by atoms with Gasteiger partial charge in [-0.3, -0.25) is 0 Å². The third kappa shape index (κ3) is 5.10. The van der Waals surface area contributed by atoms with E-state index in [1.54, 1.807) is 42.1 Å². The van der Waals surface area contributed by atoms with E-state index in [4.69, 9.17) is 14.1 Å².